The first-order chi connectivity index (χ1) is 8.97. The van der Waals surface area contributed by atoms with E-state index in [4.69, 9.17) is 11.6 Å². The maximum Gasteiger partial charge on any atom is 0.168 e. The van der Waals surface area contributed by atoms with Crippen molar-refractivity contribution in [2.45, 2.75) is 13.3 Å². The minimum absolute atomic E-state index is 0.0877. The highest BCUT2D eigenvalue weighted by atomic mass is 35.5. The smallest absolute Gasteiger partial charge is 0.168 e. The van der Waals surface area contributed by atoms with Crippen LogP contribution in [0.15, 0.2) is 36.4 Å². The molecule has 2 aromatic rings. The summed E-state index contributed by atoms with van der Waals surface area (Å²) in [7, 11) is 0. The maximum absolute atomic E-state index is 13.0. The van der Waals surface area contributed by atoms with Gasteiger partial charge in [-0.15, -0.1) is 0 Å². The molecule has 0 heterocycles. The Labute approximate surface area is 114 Å². The average Bonchev–Trinajstić information content (AvgIpc) is 2.32. The number of halogens is 3. The molecule has 98 valence electrons. The molecule has 0 aliphatic carbocycles. The lowest BCUT2D eigenvalue weighted by molar-refractivity contribution is 0.0993. The van der Waals surface area contributed by atoms with E-state index in [0.29, 0.717) is 5.56 Å². The highest BCUT2D eigenvalue weighted by Crippen LogP contribution is 2.20. The highest BCUT2D eigenvalue weighted by Gasteiger charge is 2.13. The molecule has 0 fully saturated rings. The molecule has 0 aliphatic rings. The van der Waals surface area contributed by atoms with Crippen molar-refractivity contribution in [1.29, 1.82) is 0 Å². The third-order valence-electron chi connectivity index (χ3n) is 2.89. The lowest BCUT2D eigenvalue weighted by Crippen LogP contribution is -2.06. The normalized spacial score (nSPS) is 10.5. The fraction of sp³-hybridized carbons (Fsp3) is 0.133. The first-order valence-corrected chi connectivity index (χ1v) is 6.08. The van der Waals surface area contributed by atoms with Crippen LogP contribution < -0.4 is 0 Å². The second kappa shape index (κ2) is 5.49. The molecular formula is C15H11ClF2O. The Bertz CT molecular complexity index is 638. The summed E-state index contributed by atoms with van der Waals surface area (Å²) in [6.45, 7) is 1.73. The summed E-state index contributed by atoms with van der Waals surface area (Å²) in [4.78, 5) is 12.1. The summed E-state index contributed by atoms with van der Waals surface area (Å²) >= 11 is 5.83. The molecule has 0 amide bonds. The molecule has 0 spiro atoms. The molecule has 0 N–H and O–H groups in total. The van der Waals surface area contributed by atoms with Crippen LogP contribution in [0.2, 0.25) is 5.02 Å². The minimum Gasteiger partial charge on any atom is -0.294 e. The van der Waals surface area contributed by atoms with Crippen molar-refractivity contribution in [2.75, 3.05) is 0 Å². The van der Waals surface area contributed by atoms with Crippen molar-refractivity contribution in [1.82, 2.24) is 0 Å². The topological polar surface area (TPSA) is 17.1 Å². The van der Waals surface area contributed by atoms with Gasteiger partial charge < -0.3 is 0 Å². The van der Waals surface area contributed by atoms with Gasteiger partial charge in [0.15, 0.2) is 5.78 Å². The third-order valence-corrected chi connectivity index (χ3v) is 3.20. The van der Waals surface area contributed by atoms with Crippen LogP contribution in [0.1, 0.15) is 21.5 Å². The molecule has 0 atom stereocenters. The molecule has 0 aliphatic heterocycles. The van der Waals surface area contributed by atoms with Crippen molar-refractivity contribution in [2.24, 2.45) is 0 Å². The van der Waals surface area contributed by atoms with Crippen molar-refractivity contribution in [3.8, 4) is 0 Å². The Balaban J connectivity index is 2.25. The number of aryl methyl sites for hydroxylation is 1. The standard InChI is InChI=1S/C15H11ClF2O/c1-9-6-11(17)3-2-10(9)7-15(19)13-5-4-12(18)8-14(13)16/h2-6,8H,7H2,1H3. The van der Waals surface area contributed by atoms with Gasteiger partial charge in [0, 0.05) is 12.0 Å². The average molecular weight is 281 g/mol. The molecule has 0 saturated carbocycles. The van der Waals surface area contributed by atoms with Gasteiger partial charge in [0.05, 0.1) is 5.02 Å². The Morgan fingerprint density at radius 2 is 1.74 bits per heavy atom. The second-order valence-corrected chi connectivity index (χ2v) is 4.70. The predicted octanol–water partition coefficient (Wildman–Crippen LogP) is 4.35. The van der Waals surface area contributed by atoms with Crippen molar-refractivity contribution < 1.29 is 13.6 Å². The summed E-state index contributed by atoms with van der Waals surface area (Å²) < 4.78 is 25.9. The largest absolute Gasteiger partial charge is 0.294 e. The van der Waals surface area contributed by atoms with Gasteiger partial charge >= 0.3 is 0 Å². The van der Waals surface area contributed by atoms with E-state index in [9.17, 15) is 13.6 Å². The SMILES string of the molecule is Cc1cc(F)ccc1CC(=O)c1ccc(F)cc1Cl. The highest BCUT2D eigenvalue weighted by molar-refractivity contribution is 6.34. The Morgan fingerprint density at radius 1 is 1.11 bits per heavy atom. The van der Waals surface area contributed by atoms with Crippen molar-refractivity contribution in [3.05, 3.63) is 69.7 Å². The minimum atomic E-state index is -0.487. The lowest BCUT2D eigenvalue weighted by atomic mass is 9.99. The maximum atomic E-state index is 13.0. The number of Topliss-reactive ketones (excluding diaryl/α,β-unsaturated/α-hetero) is 1. The van der Waals surface area contributed by atoms with Crippen LogP contribution in [0.3, 0.4) is 0 Å². The van der Waals surface area contributed by atoms with Crippen LogP contribution in [-0.2, 0) is 6.42 Å². The number of hydrogen-bond donors (Lipinski definition) is 0. The Hall–Kier alpha value is -1.74. The fourth-order valence-electron chi connectivity index (χ4n) is 1.84. The molecule has 19 heavy (non-hydrogen) atoms. The van der Waals surface area contributed by atoms with Crippen LogP contribution in [0.5, 0.6) is 0 Å². The van der Waals surface area contributed by atoms with Gasteiger partial charge in [-0.1, -0.05) is 17.7 Å². The van der Waals surface area contributed by atoms with Gasteiger partial charge in [0.25, 0.3) is 0 Å². The Kier molecular flexibility index (Phi) is 3.96. The predicted molar refractivity (Wildman–Crippen MR) is 70.6 cm³/mol. The first kappa shape index (κ1) is 13.7. The van der Waals surface area contributed by atoms with E-state index in [1.54, 1.807) is 13.0 Å². The molecule has 0 bridgehead atoms. The lowest BCUT2D eigenvalue weighted by Gasteiger charge is -2.07. The zero-order valence-electron chi connectivity index (χ0n) is 10.2. The molecule has 0 aromatic heterocycles. The number of rotatable bonds is 3. The van der Waals surface area contributed by atoms with E-state index in [-0.39, 0.29) is 28.6 Å². The van der Waals surface area contributed by atoms with Crippen LogP contribution in [0.25, 0.3) is 0 Å². The van der Waals surface area contributed by atoms with Crippen LogP contribution in [0, 0.1) is 18.6 Å². The monoisotopic (exact) mass is 280 g/mol. The van der Waals surface area contributed by atoms with Gasteiger partial charge in [-0.2, -0.15) is 0 Å². The van der Waals surface area contributed by atoms with Crippen molar-refractivity contribution >= 4 is 17.4 Å². The van der Waals surface area contributed by atoms with E-state index >= 15 is 0 Å². The molecule has 2 aromatic carbocycles. The molecular weight excluding hydrogens is 270 g/mol. The Morgan fingerprint density at radius 3 is 2.37 bits per heavy atom. The quantitative estimate of drug-likeness (QED) is 0.764. The molecule has 4 heteroatoms. The summed E-state index contributed by atoms with van der Waals surface area (Å²) in [5.74, 6) is -1.05. The van der Waals surface area contributed by atoms with E-state index in [1.165, 1.54) is 24.3 Å². The van der Waals surface area contributed by atoms with Crippen LogP contribution in [0.4, 0.5) is 8.78 Å². The van der Waals surface area contributed by atoms with E-state index in [2.05, 4.69) is 0 Å². The number of carbonyl (C=O) groups is 1. The van der Waals surface area contributed by atoms with Gasteiger partial charge in [0.2, 0.25) is 0 Å². The molecule has 0 unspecified atom stereocenters. The van der Waals surface area contributed by atoms with E-state index in [0.717, 1.165) is 11.6 Å². The molecule has 2 rings (SSSR count). The summed E-state index contributed by atoms with van der Waals surface area (Å²) in [6, 6.07) is 7.90. The van der Waals surface area contributed by atoms with Crippen LogP contribution in [-0.4, -0.2) is 5.78 Å². The summed E-state index contributed by atoms with van der Waals surface area (Å²) in [6.07, 6.45) is 0.109. The summed E-state index contributed by atoms with van der Waals surface area (Å²) in [5.41, 5.74) is 1.70. The zero-order valence-corrected chi connectivity index (χ0v) is 11.0. The number of hydrogen-bond acceptors (Lipinski definition) is 1. The van der Waals surface area contributed by atoms with E-state index < -0.39 is 5.82 Å². The summed E-state index contributed by atoms with van der Waals surface area (Å²) in [5, 5.41) is 0.0877. The first-order valence-electron chi connectivity index (χ1n) is 5.70. The number of carbonyl (C=O) groups excluding carboxylic acids is 1. The van der Waals surface area contributed by atoms with Gasteiger partial charge in [-0.05, 0) is 48.4 Å². The molecule has 0 saturated heterocycles. The van der Waals surface area contributed by atoms with E-state index in [1.807, 2.05) is 0 Å². The third kappa shape index (κ3) is 3.18. The fourth-order valence-corrected chi connectivity index (χ4v) is 2.11. The number of ketones is 1. The van der Waals surface area contributed by atoms with Gasteiger partial charge in [-0.25, -0.2) is 8.78 Å². The van der Waals surface area contributed by atoms with Crippen LogP contribution >= 0.6 is 11.6 Å². The molecule has 1 nitrogen and oxygen atoms in total. The zero-order chi connectivity index (χ0) is 14.0. The van der Waals surface area contributed by atoms with Gasteiger partial charge in [0.1, 0.15) is 11.6 Å². The molecule has 0 radical (unpaired) electrons. The second-order valence-electron chi connectivity index (χ2n) is 4.29. The van der Waals surface area contributed by atoms with Gasteiger partial charge in [-0.3, -0.25) is 4.79 Å². The number of benzene rings is 2. The van der Waals surface area contributed by atoms with Crippen molar-refractivity contribution in [3.63, 3.8) is 0 Å².